The molecule has 2 aliphatic heterocycles. The number of hydrogen-bond acceptors (Lipinski definition) is 8. The van der Waals surface area contributed by atoms with E-state index >= 15 is 0 Å². The maximum atomic E-state index is 11.0. The minimum Gasteiger partial charge on any atom is -0.387 e. The maximum Gasteiger partial charge on any atom is 0.127 e. The van der Waals surface area contributed by atoms with Crippen molar-refractivity contribution in [3.8, 4) is 0 Å². The van der Waals surface area contributed by atoms with E-state index in [1.165, 1.54) is 0 Å². The van der Waals surface area contributed by atoms with Crippen LogP contribution < -0.4 is 0 Å². The van der Waals surface area contributed by atoms with Crippen molar-refractivity contribution < 1.29 is 40.5 Å². The summed E-state index contributed by atoms with van der Waals surface area (Å²) in [6, 6.07) is 0. The second kappa shape index (κ2) is 4.46. The van der Waals surface area contributed by atoms with Crippen LogP contribution in [0.25, 0.3) is 0 Å². The zero-order valence-corrected chi connectivity index (χ0v) is 13.8. The molecule has 2 bridgehead atoms. The molecule has 2 aliphatic carbocycles. The topological polar surface area (TPSA) is 151 Å². The molecule has 8 nitrogen and oxygen atoms in total. The highest BCUT2D eigenvalue weighted by molar-refractivity contribution is 9.09. The molecule has 4 aliphatic rings. The van der Waals surface area contributed by atoms with E-state index < -0.39 is 53.2 Å². The first kappa shape index (κ1) is 16.6. The van der Waals surface area contributed by atoms with Crippen molar-refractivity contribution in [2.24, 2.45) is 0 Å². The van der Waals surface area contributed by atoms with Gasteiger partial charge in [-0.2, -0.15) is 0 Å². The Balaban J connectivity index is 1.82. The lowest BCUT2D eigenvalue weighted by molar-refractivity contribution is -0.359. The van der Waals surface area contributed by atoms with E-state index in [-0.39, 0.29) is 23.8 Å². The molecule has 1 spiro atoms. The number of alkyl halides is 1. The molecule has 9 heteroatoms. The second-order valence-corrected chi connectivity index (χ2v) is 8.86. The predicted octanol–water partition coefficient (Wildman–Crippen LogP) is -2.87. The fraction of sp³-hybridized carbons (Fsp3) is 1.00. The van der Waals surface area contributed by atoms with Crippen LogP contribution in [0.1, 0.15) is 25.7 Å². The summed E-state index contributed by atoms with van der Waals surface area (Å²) in [6.45, 7) is 0. The number of ether oxygens (including phenoxy) is 1. The summed E-state index contributed by atoms with van der Waals surface area (Å²) < 4.78 is 5.88. The summed E-state index contributed by atoms with van der Waals surface area (Å²) in [4.78, 5) is -0.0289. The minimum atomic E-state index is -2.36. The Morgan fingerprint density at radius 3 is 1.87 bits per heavy atom. The zero-order valence-electron chi connectivity index (χ0n) is 12.2. The summed E-state index contributed by atoms with van der Waals surface area (Å²) >= 11 is 3.46. The van der Waals surface area contributed by atoms with Gasteiger partial charge in [0, 0.05) is 24.1 Å². The Bertz CT molecular complexity index is 543. The zero-order chi connectivity index (χ0) is 17.0. The van der Waals surface area contributed by atoms with Crippen molar-refractivity contribution in [3.05, 3.63) is 0 Å². The highest BCUT2D eigenvalue weighted by Crippen LogP contribution is 2.64. The third-order valence-electron chi connectivity index (χ3n) is 6.53. The van der Waals surface area contributed by atoms with Gasteiger partial charge in [-0.3, -0.25) is 0 Å². The highest BCUT2D eigenvalue weighted by Gasteiger charge is 2.79. The van der Waals surface area contributed by atoms with Crippen LogP contribution in [-0.2, 0) is 4.74 Å². The number of hydrogen-bond donors (Lipinski definition) is 7. The molecule has 2 saturated heterocycles. The summed E-state index contributed by atoms with van der Waals surface area (Å²) in [5, 5.41) is 73.3. The lowest BCUT2D eigenvalue weighted by Gasteiger charge is -2.63. The fourth-order valence-corrected chi connectivity index (χ4v) is 6.02. The van der Waals surface area contributed by atoms with Crippen molar-refractivity contribution in [1.82, 2.24) is 0 Å². The van der Waals surface area contributed by atoms with Crippen LogP contribution in [-0.4, -0.2) is 93.5 Å². The first-order valence-electron chi connectivity index (χ1n) is 7.71. The van der Waals surface area contributed by atoms with E-state index in [1.54, 1.807) is 0 Å². The van der Waals surface area contributed by atoms with Gasteiger partial charge in [0.25, 0.3) is 0 Å². The monoisotopic (exact) mass is 396 g/mol. The molecule has 132 valence electrons. The van der Waals surface area contributed by atoms with Crippen molar-refractivity contribution in [1.29, 1.82) is 0 Å². The minimum absolute atomic E-state index is 0.0289. The smallest absolute Gasteiger partial charge is 0.127 e. The normalized spacial score (nSPS) is 67.8. The molecule has 2 heterocycles. The molecule has 4 fully saturated rings. The van der Waals surface area contributed by atoms with Gasteiger partial charge < -0.3 is 40.5 Å². The molecule has 2 saturated carbocycles. The van der Waals surface area contributed by atoms with Gasteiger partial charge in [-0.1, -0.05) is 15.9 Å². The summed E-state index contributed by atoms with van der Waals surface area (Å²) in [6.07, 6.45) is -8.00. The van der Waals surface area contributed by atoms with Crippen LogP contribution in [0.4, 0.5) is 0 Å². The van der Waals surface area contributed by atoms with Gasteiger partial charge in [-0.25, -0.2) is 0 Å². The summed E-state index contributed by atoms with van der Waals surface area (Å²) in [7, 11) is 0. The number of fused-ring (bicyclic) bond motifs is 2. The van der Waals surface area contributed by atoms with Crippen molar-refractivity contribution in [3.63, 3.8) is 0 Å². The molecule has 10 atom stereocenters. The number of aliphatic hydroxyl groups excluding tert-OH is 4. The van der Waals surface area contributed by atoms with Gasteiger partial charge in [0.1, 0.15) is 41.2 Å². The third kappa shape index (κ3) is 1.68. The SMILES string of the molecule is O[C@@H]1[C@H](O)[C@@H](O)[C@@]2(O)C[C@@]34C[C@H](Br)[C@@H](C[C@]3(O)C[C@]2(O)[C@H]1O)O4. The summed E-state index contributed by atoms with van der Waals surface area (Å²) in [5.41, 5.74) is -7.36. The molecule has 23 heavy (non-hydrogen) atoms. The average Bonchev–Trinajstić information content (AvgIpc) is 2.92. The van der Waals surface area contributed by atoms with E-state index in [2.05, 4.69) is 15.9 Å². The van der Waals surface area contributed by atoms with Gasteiger partial charge >= 0.3 is 0 Å². The Morgan fingerprint density at radius 1 is 0.826 bits per heavy atom. The lowest BCUT2D eigenvalue weighted by Crippen LogP contribution is -2.83. The number of aliphatic hydroxyl groups is 7. The third-order valence-corrected chi connectivity index (χ3v) is 7.45. The van der Waals surface area contributed by atoms with Crippen molar-refractivity contribution in [2.75, 3.05) is 0 Å². The van der Waals surface area contributed by atoms with Crippen molar-refractivity contribution >= 4 is 15.9 Å². The molecule has 7 N–H and O–H groups in total. The van der Waals surface area contributed by atoms with E-state index in [9.17, 15) is 35.7 Å². The Hall–Kier alpha value is 0.160. The number of rotatable bonds is 0. The lowest BCUT2D eigenvalue weighted by atomic mass is 9.50. The largest absolute Gasteiger partial charge is 0.387 e. The fourth-order valence-electron chi connectivity index (χ4n) is 5.20. The molecule has 0 unspecified atom stereocenters. The highest BCUT2D eigenvalue weighted by atomic mass is 79.9. The molecule has 0 amide bonds. The first-order chi connectivity index (χ1) is 10.5. The number of halogens is 1. The van der Waals surface area contributed by atoms with Crippen LogP contribution >= 0.6 is 15.9 Å². The van der Waals surface area contributed by atoms with E-state index in [0.29, 0.717) is 6.42 Å². The van der Waals surface area contributed by atoms with Gasteiger partial charge in [-0.15, -0.1) is 0 Å². The molecule has 0 aromatic heterocycles. The quantitative estimate of drug-likeness (QED) is 0.216. The predicted molar refractivity (Wildman–Crippen MR) is 77.7 cm³/mol. The van der Waals surface area contributed by atoms with Gasteiger partial charge in [0.05, 0.1) is 11.7 Å². The molecule has 0 aromatic carbocycles. The van der Waals surface area contributed by atoms with E-state index in [1.807, 2.05) is 0 Å². The standard InChI is InChI=1S/C14H21BrO8/c15-5-1-12-4-14(22)10(19)8(17)7(16)9(18)13(14,21)3-11(12,20)2-6(5)23-12/h5-10,16-22H,1-4H2/t5-,6+,7+,8-,9-,10+,11-,12-,13-,14-/m0/s1. The molecular weight excluding hydrogens is 376 g/mol. The average molecular weight is 397 g/mol. The van der Waals surface area contributed by atoms with E-state index in [0.717, 1.165) is 0 Å². The Morgan fingerprint density at radius 2 is 1.35 bits per heavy atom. The Kier molecular flexibility index (Phi) is 3.22. The van der Waals surface area contributed by atoms with Crippen LogP contribution in [0.15, 0.2) is 0 Å². The van der Waals surface area contributed by atoms with E-state index in [4.69, 9.17) is 4.74 Å². The van der Waals surface area contributed by atoms with Crippen LogP contribution in [0, 0.1) is 0 Å². The van der Waals surface area contributed by atoms with Crippen LogP contribution in [0.2, 0.25) is 0 Å². The molecule has 4 rings (SSSR count). The molecule has 0 radical (unpaired) electrons. The maximum absolute atomic E-state index is 11.0. The summed E-state index contributed by atoms with van der Waals surface area (Å²) in [5.74, 6) is 0. The first-order valence-corrected chi connectivity index (χ1v) is 8.63. The van der Waals surface area contributed by atoms with Gasteiger partial charge in [0.2, 0.25) is 0 Å². The Labute approximate surface area is 140 Å². The second-order valence-electron chi connectivity index (χ2n) is 7.68. The van der Waals surface area contributed by atoms with Gasteiger partial charge in [0.15, 0.2) is 0 Å². The van der Waals surface area contributed by atoms with Crippen LogP contribution in [0.5, 0.6) is 0 Å². The molecular formula is C14H21BrO8. The molecule has 0 aromatic rings. The van der Waals surface area contributed by atoms with Gasteiger partial charge in [-0.05, 0) is 6.42 Å². The van der Waals surface area contributed by atoms with Crippen LogP contribution in [0.3, 0.4) is 0 Å². The van der Waals surface area contributed by atoms with Crippen molar-refractivity contribution in [2.45, 2.75) is 83.4 Å².